The Labute approximate surface area is 201 Å². The summed E-state index contributed by atoms with van der Waals surface area (Å²) in [6, 6.07) is 16.3. The van der Waals surface area contributed by atoms with Crippen molar-refractivity contribution >= 4 is 17.9 Å². The van der Waals surface area contributed by atoms with Gasteiger partial charge in [0.15, 0.2) is 11.5 Å². The van der Waals surface area contributed by atoms with Crippen LogP contribution in [0.4, 0.5) is 4.39 Å². The number of ether oxygens (including phenoxy) is 2. The van der Waals surface area contributed by atoms with Crippen molar-refractivity contribution < 1.29 is 27.9 Å². The number of hydrogen-bond acceptors (Lipinski definition) is 6. The first-order valence-corrected chi connectivity index (χ1v) is 10.7. The van der Waals surface area contributed by atoms with E-state index < -0.39 is 11.8 Å². The lowest BCUT2D eigenvalue weighted by Gasteiger charge is -2.26. The van der Waals surface area contributed by atoms with Crippen LogP contribution in [-0.2, 0) is 22.7 Å². The number of benzene rings is 2. The summed E-state index contributed by atoms with van der Waals surface area (Å²) in [6.45, 7) is 1.70. The Kier molecular flexibility index (Phi) is 6.78. The third-order valence-electron chi connectivity index (χ3n) is 5.53. The van der Waals surface area contributed by atoms with E-state index in [-0.39, 0.29) is 30.1 Å². The van der Waals surface area contributed by atoms with Crippen molar-refractivity contribution in [2.45, 2.75) is 20.1 Å². The number of hydrogen-bond donors (Lipinski definition) is 0. The molecule has 2 aromatic carbocycles. The van der Waals surface area contributed by atoms with Crippen molar-refractivity contribution in [3.63, 3.8) is 0 Å². The van der Waals surface area contributed by atoms with Crippen molar-refractivity contribution in [1.29, 1.82) is 5.26 Å². The average Bonchev–Trinajstić information content (AvgIpc) is 3.38. The molecule has 0 saturated carbocycles. The molecule has 176 valence electrons. The first-order valence-electron chi connectivity index (χ1n) is 10.7. The molecule has 0 fully saturated rings. The van der Waals surface area contributed by atoms with E-state index in [0.717, 1.165) is 10.5 Å². The number of carbonyl (C=O) groups excluding carboxylic acids is 2. The molecule has 1 aromatic heterocycles. The molecule has 1 aliphatic rings. The molecule has 0 aliphatic carbocycles. The molecule has 0 unspecified atom stereocenters. The Bertz CT molecular complexity index is 1370. The summed E-state index contributed by atoms with van der Waals surface area (Å²) in [6.07, 6.45) is 3.05. The van der Waals surface area contributed by atoms with Gasteiger partial charge in [-0.1, -0.05) is 18.2 Å². The van der Waals surface area contributed by atoms with Crippen molar-refractivity contribution in [2.24, 2.45) is 0 Å². The van der Waals surface area contributed by atoms with Crippen molar-refractivity contribution in [1.82, 2.24) is 4.90 Å². The molecule has 2 amide bonds. The lowest BCUT2D eigenvalue weighted by molar-refractivity contribution is -0.141. The van der Waals surface area contributed by atoms with Gasteiger partial charge < -0.3 is 13.9 Å². The Morgan fingerprint density at radius 3 is 2.51 bits per heavy atom. The summed E-state index contributed by atoms with van der Waals surface area (Å²) in [5, 5.41) is 9.56. The molecule has 3 aromatic rings. The minimum Gasteiger partial charge on any atom is -0.493 e. The number of furan rings is 1. The van der Waals surface area contributed by atoms with Gasteiger partial charge in [-0.2, -0.15) is 5.26 Å². The lowest BCUT2D eigenvalue weighted by atomic mass is 9.93. The number of nitrogens with zero attached hydrogens (tertiary/aromatic N) is 2. The predicted molar refractivity (Wildman–Crippen MR) is 124 cm³/mol. The highest BCUT2D eigenvalue weighted by Crippen LogP contribution is 2.32. The first kappa shape index (κ1) is 23.5. The van der Waals surface area contributed by atoms with Crippen LogP contribution in [0, 0.1) is 17.1 Å². The minimum absolute atomic E-state index is 0.0834. The first-order chi connectivity index (χ1) is 16.9. The van der Waals surface area contributed by atoms with Crippen LogP contribution in [0.25, 0.3) is 6.08 Å². The molecule has 8 heteroatoms. The molecule has 7 nitrogen and oxygen atoms in total. The highest BCUT2D eigenvalue weighted by molar-refractivity contribution is 6.19. The van der Waals surface area contributed by atoms with Crippen LogP contribution in [0.1, 0.15) is 23.8 Å². The fraction of sp³-hybridized carbons (Fsp3) is 0.148. The number of methoxy groups -OCH3 is 1. The third-order valence-corrected chi connectivity index (χ3v) is 5.53. The maximum Gasteiger partial charge on any atom is 0.272 e. The third kappa shape index (κ3) is 4.99. The average molecular weight is 472 g/mol. The van der Waals surface area contributed by atoms with Crippen LogP contribution < -0.4 is 9.47 Å². The van der Waals surface area contributed by atoms with Crippen LogP contribution in [0.15, 0.2) is 82.0 Å². The molecule has 0 radical (unpaired) electrons. The zero-order chi connectivity index (χ0) is 24.9. The van der Waals surface area contributed by atoms with Gasteiger partial charge in [0.2, 0.25) is 0 Å². The van der Waals surface area contributed by atoms with Crippen LogP contribution in [0.2, 0.25) is 0 Å². The Morgan fingerprint density at radius 2 is 1.86 bits per heavy atom. The Morgan fingerprint density at radius 1 is 1.09 bits per heavy atom. The summed E-state index contributed by atoms with van der Waals surface area (Å²) in [4.78, 5) is 27.0. The second-order valence-corrected chi connectivity index (χ2v) is 7.77. The second-order valence-electron chi connectivity index (χ2n) is 7.77. The van der Waals surface area contributed by atoms with Gasteiger partial charge in [0.1, 0.15) is 29.8 Å². The van der Waals surface area contributed by atoms with E-state index in [1.807, 2.05) is 6.07 Å². The summed E-state index contributed by atoms with van der Waals surface area (Å²) >= 11 is 0. The summed E-state index contributed by atoms with van der Waals surface area (Å²) in [5.74, 6) is -0.199. The largest absolute Gasteiger partial charge is 0.493 e. The number of carbonyl (C=O) groups is 2. The zero-order valence-electron chi connectivity index (χ0n) is 19.1. The Balaban J connectivity index is 1.62. The quantitative estimate of drug-likeness (QED) is 0.362. The molecule has 2 heterocycles. The van der Waals surface area contributed by atoms with Crippen LogP contribution in [-0.4, -0.2) is 23.8 Å². The SMILES string of the molecule is COc1cc(/C=C2/C(=O)N(Cc3ccco3)C(=O)C(C#N)=C2C)ccc1OCc1ccc(F)cc1. The number of rotatable bonds is 7. The minimum atomic E-state index is -0.661. The van der Waals surface area contributed by atoms with Gasteiger partial charge in [0, 0.05) is 5.57 Å². The molecule has 0 atom stereocenters. The van der Waals surface area contributed by atoms with E-state index in [4.69, 9.17) is 13.9 Å². The monoisotopic (exact) mass is 472 g/mol. The zero-order valence-corrected chi connectivity index (χ0v) is 19.1. The maximum atomic E-state index is 13.2. The van der Waals surface area contributed by atoms with Crippen LogP contribution >= 0.6 is 0 Å². The van der Waals surface area contributed by atoms with E-state index in [1.165, 1.54) is 25.5 Å². The van der Waals surface area contributed by atoms with Gasteiger partial charge in [-0.05, 0) is 66.1 Å². The maximum absolute atomic E-state index is 13.2. The fourth-order valence-corrected chi connectivity index (χ4v) is 3.63. The smallest absolute Gasteiger partial charge is 0.272 e. The fourth-order valence-electron chi connectivity index (χ4n) is 3.63. The number of imide groups is 1. The second kappa shape index (κ2) is 10.1. The van der Waals surface area contributed by atoms with Crippen molar-refractivity contribution in [3.8, 4) is 17.6 Å². The number of halogens is 1. The molecular weight excluding hydrogens is 451 g/mol. The molecule has 0 N–H and O–H groups in total. The van der Waals surface area contributed by atoms with E-state index in [0.29, 0.717) is 28.4 Å². The molecule has 35 heavy (non-hydrogen) atoms. The van der Waals surface area contributed by atoms with Gasteiger partial charge in [-0.3, -0.25) is 14.5 Å². The lowest BCUT2D eigenvalue weighted by Crippen LogP contribution is -2.42. The normalized spacial score (nSPS) is 14.9. The van der Waals surface area contributed by atoms with Crippen molar-refractivity contribution in [2.75, 3.05) is 7.11 Å². The molecule has 0 bridgehead atoms. The molecule has 0 spiro atoms. The van der Waals surface area contributed by atoms with Gasteiger partial charge in [0.05, 0.1) is 19.9 Å². The highest BCUT2D eigenvalue weighted by Gasteiger charge is 2.36. The predicted octanol–water partition coefficient (Wildman–Crippen LogP) is 4.80. The molecule has 1 aliphatic heterocycles. The number of nitriles is 1. The molecular formula is C27H21FN2O5. The topological polar surface area (TPSA) is 92.8 Å². The van der Waals surface area contributed by atoms with E-state index >= 15 is 0 Å². The van der Waals surface area contributed by atoms with E-state index in [2.05, 4.69) is 0 Å². The standard InChI is InChI=1S/C27H21FN2O5/c1-17-22(26(31)30(27(32)23(17)14-29)15-21-4-3-11-34-21)12-19-7-10-24(25(13-19)33-2)35-16-18-5-8-20(28)9-6-18/h3-13H,15-16H2,1-2H3/b22-12+. The highest BCUT2D eigenvalue weighted by atomic mass is 19.1. The Hall–Kier alpha value is -4.64. The van der Waals surface area contributed by atoms with E-state index in [9.17, 15) is 19.2 Å². The van der Waals surface area contributed by atoms with Crippen LogP contribution in [0.3, 0.4) is 0 Å². The van der Waals surface area contributed by atoms with Crippen LogP contribution in [0.5, 0.6) is 11.5 Å². The van der Waals surface area contributed by atoms with Gasteiger partial charge >= 0.3 is 0 Å². The van der Waals surface area contributed by atoms with Crippen molar-refractivity contribution in [3.05, 3.63) is 100 Å². The van der Waals surface area contributed by atoms with Gasteiger partial charge in [0.25, 0.3) is 11.8 Å². The van der Waals surface area contributed by atoms with Gasteiger partial charge in [-0.15, -0.1) is 0 Å². The number of amides is 2. The summed E-state index contributed by atoms with van der Waals surface area (Å²) in [7, 11) is 1.49. The molecule has 0 saturated heterocycles. The van der Waals surface area contributed by atoms with E-state index in [1.54, 1.807) is 55.5 Å². The summed E-state index contributed by atoms with van der Waals surface area (Å²) < 4.78 is 29.6. The molecule has 4 rings (SSSR count). The summed E-state index contributed by atoms with van der Waals surface area (Å²) in [5.41, 5.74) is 1.82. The van der Waals surface area contributed by atoms with Gasteiger partial charge in [-0.25, -0.2) is 4.39 Å².